The highest BCUT2D eigenvalue weighted by Gasteiger charge is 2.24. The number of nitrogens with zero attached hydrogens (tertiary/aromatic N) is 1. The van der Waals surface area contributed by atoms with Crippen LogP contribution in [-0.2, 0) is 10.1 Å². The first kappa shape index (κ1) is 13.1. The summed E-state index contributed by atoms with van der Waals surface area (Å²) in [5, 5.41) is 20.0. The van der Waals surface area contributed by atoms with Crippen LogP contribution in [-0.4, -0.2) is 30.7 Å². The van der Waals surface area contributed by atoms with Crippen molar-refractivity contribution in [1.29, 1.82) is 5.41 Å². The molecule has 3 N–H and O–H groups in total. The normalized spacial score (nSPS) is 10.9. The lowest BCUT2D eigenvalue weighted by Gasteiger charge is -2.05. The molecule has 0 atom stereocenters. The van der Waals surface area contributed by atoms with E-state index in [1.165, 1.54) is 6.07 Å². The zero-order valence-electron chi connectivity index (χ0n) is 8.45. The minimum atomic E-state index is -4.66. The van der Waals surface area contributed by atoms with Gasteiger partial charge in [0.15, 0.2) is 4.90 Å². The Morgan fingerprint density at radius 2 is 2.18 bits per heavy atom. The van der Waals surface area contributed by atoms with Crippen molar-refractivity contribution >= 4 is 27.7 Å². The molecule has 0 radical (unpaired) electrons. The third-order valence-corrected chi connectivity index (χ3v) is 2.73. The summed E-state index contributed by atoms with van der Waals surface area (Å²) in [6.07, 6.45) is 1.04. The van der Waals surface area contributed by atoms with Gasteiger partial charge in [0.05, 0.1) is 4.92 Å². The summed E-state index contributed by atoms with van der Waals surface area (Å²) in [5.74, 6) is 0. The van der Waals surface area contributed by atoms with Crippen molar-refractivity contribution in [3.63, 3.8) is 0 Å². The highest BCUT2D eigenvalue weighted by atomic mass is 32.2. The van der Waals surface area contributed by atoms with Crippen molar-refractivity contribution in [2.24, 2.45) is 0 Å². The van der Waals surface area contributed by atoms with E-state index < -0.39 is 25.6 Å². The van der Waals surface area contributed by atoms with Crippen LogP contribution in [0.4, 0.5) is 11.4 Å². The lowest BCUT2D eigenvalue weighted by atomic mass is 10.3. The third kappa shape index (κ3) is 3.23. The average molecular weight is 259 g/mol. The third-order valence-electron chi connectivity index (χ3n) is 1.84. The van der Waals surface area contributed by atoms with E-state index >= 15 is 0 Å². The predicted octanol–water partition coefficient (Wildman–Crippen LogP) is 0.903. The molecule has 1 aromatic rings. The maximum atomic E-state index is 11.0. The van der Waals surface area contributed by atoms with Gasteiger partial charge in [0, 0.05) is 24.5 Å². The van der Waals surface area contributed by atoms with E-state index in [2.05, 4.69) is 5.32 Å². The number of hydrogen-bond acceptors (Lipinski definition) is 6. The fourth-order valence-electron chi connectivity index (χ4n) is 1.15. The molecule has 1 aromatic carbocycles. The standard InChI is InChI=1S/C8H9N3O5S/c9-3-4-10-6-1-2-7(11(12)13)8(5-6)17(14,15)16/h1-3,5,9-10H,4H2,(H,14,15,16). The molecule has 0 aliphatic rings. The molecule has 1 rings (SSSR count). The average Bonchev–Trinajstić information content (AvgIpc) is 2.24. The fourth-order valence-corrected chi connectivity index (χ4v) is 1.83. The first-order valence-corrected chi connectivity index (χ1v) is 5.79. The second-order valence-corrected chi connectivity index (χ2v) is 4.39. The van der Waals surface area contributed by atoms with Gasteiger partial charge in [-0.25, -0.2) is 0 Å². The summed E-state index contributed by atoms with van der Waals surface area (Å²) in [5.41, 5.74) is -0.445. The summed E-state index contributed by atoms with van der Waals surface area (Å²) >= 11 is 0. The van der Waals surface area contributed by atoms with Crippen LogP contribution < -0.4 is 5.32 Å². The Hall–Kier alpha value is -2.00. The van der Waals surface area contributed by atoms with Crippen LogP contribution in [0.3, 0.4) is 0 Å². The molecule has 0 amide bonds. The Balaban J connectivity index is 3.29. The lowest BCUT2D eigenvalue weighted by Crippen LogP contribution is -2.06. The van der Waals surface area contributed by atoms with Crippen LogP contribution in [0.15, 0.2) is 23.1 Å². The zero-order valence-corrected chi connectivity index (χ0v) is 9.27. The Morgan fingerprint density at radius 1 is 1.53 bits per heavy atom. The van der Waals surface area contributed by atoms with E-state index in [1.54, 1.807) is 0 Å². The first-order valence-electron chi connectivity index (χ1n) is 4.35. The summed E-state index contributed by atoms with van der Waals surface area (Å²) < 4.78 is 30.8. The van der Waals surface area contributed by atoms with Gasteiger partial charge in [0.25, 0.3) is 5.69 Å². The summed E-state index contributed by atoms with van der Waals surface area (Å²) in [6, 6.07) is 3.20. The van der Waals surface area contributed by atoms with Gasteiger partial charge in [-0.15, -0.1) is 0 Å². The van der Waals surface area contributed by atoms with Crippen molar-refractivity contribution in [2.75, 3.05) is 11.9 Å². The minimum Gasteiger partial charge on any atom is -0.380 e. The number of nitrogens with one attached hydrogen (secondary N) is 2. The lowest BCUT2D eigenvalue weighted by molar-refractivity contribution is -0.387. The quantitative estimate of drug-likeness (QED) is 0.311. The Morgan fingerprint density at radius 3 is 2.65 bits per heavy atom. The zero-order chi connectivity index (χ0) is 13.1. The molecule has 0 heterocycles. The SMILES string of the molecule is N=CCNc1ccc([N+](=O)[O-])c(S(=O)(=O)O)c1. The van der Waals surface area contributed by atoms with Gasteiger partial charge in [0.2, 0.25) is 0 Å². The van der Waals surface area contributed by atoms with Gasteiger partial charge in [-0.1, -0.05) is 0 Å². The molecule has 9 heteroatoms. The van der Waals surface area contributed by atoms with Crippen LogP contribution >= 0.6 is 0 Å². The molecule has 0 aromatic heterocycles. The number of hydrogen-bond donors (Lipinski definition) is 3. The highest BCUT2D eigenvalue weighted by molar-refractivity contribution is 7.86. The first-order chi connectivity index (χ1) is 7.86. The molecule has 0 bridgehead atoms. The fraction of sp³-hybridized carbons (Fsp3) is 0.125. The van der Waals surface area contributed by atoms with Crippen molar-refractivity contribution in [2.45, 2.75) is 4.90 Å². The summed E-state index contributed by atoms with van der Waals surface area (Å²) in [6.45, 7) is 0.142. The highest BCUT2D eigenvalue weighted by Crippen LogP contribution is 2.26. The van der Waals surface area contributed by atoms with E-state index in [0.717, 1.165) is 18.3 Å². The molecule has 8 nitrogen and oxygen atoms in total. The molecule has 0 aliphatic heterocycles. The molecular weight excluding hydrogens is 250 g/mol. The van der Waals surface area contributed by atoms with Crippen LogP contribution in [0.2, 0.25) is 0 Å². The van der Waals surface area contributed by atoms with Crippen molar-refractivity contribution in [1.82, 2.24) is 0 Å². The smallest absolute Gasteiger partial charge is 0.301 e. The van der Waals surface area contributed by atoms with Gasteiger partial charge < -0.3 is 10.7 Å². The Kier molecular flexibility index (Phi) is 3.76. The molecule has 0 saturated carbocycles. The second-order valence-electron chi connectivity index (χ2n) is 3.00. The predicted molar refractivity (Wildman–Crippen MR) is 60.2 cm³/mol. The molecule has 0 unspecified atom stereocenters. The maximum absolute atomic E-state index is 11.0. The number of nitro groups is 1. The largest absolute Gasteiger partial charge is 0.380 e. The monoisotopic (exact) mass is 259 g/mol. The molecule has 0 saturated heterocycles. The second kappa shape index (κ2) is 4.89. The number of benzene rings is 1. The van der Waals surface area contributed by atoms with Gasteiger partial charge in [-0.3, -0.25) is 14.7 Å². The van der Waals surface area contributed by atoms with Gasteiger partial charge in [0.1, 0.15) is 0 Å². The van der Waals surface area contributed by atoms with Gasteiger partial charge in [-0.05, 0) is 12.1 Å². The molecule has 0 spiro atoms. The number of rotatable bonds is 5. The van der Waals surface area contributed by atoms with E-state index in [0.29, 0.717) is 0 Å². The van der Waals surface area contributed by atoms with Crippen molar-refractivity contribution in [3.8, 4) is 0 Å². The molecule has 0 fully saturated rings. The van der Waals surface area contributed by atoms with Gasteiger partial charge in [-0.2, -0.15) is 8.42 Å². The number of anilines is 1. The van der Waals surface area contributed by atoms with E-state index in [-0.39, 0.29) is 12.2 Å². The molecule has 92 valence electrons. The van der Waals surface area contributed by atoms with Crippen molar-refractivity contribution in [3.05, 3.63) is 28.3 Å². The molecule has 0 aliphatic carbocycles. The molecule has 17 heavy (non-hydrogen) atoms. The van der Waals surface area contributed by atoms with Crippen molar-refractivity contribution < 1.29 is 17.9 Å². The van der Waals surface area contributed by atoms with Crippen LogP contribution in [0.1, 0.15) is 0 Å². The van der Waals surface area contributed by atoms with Crippen LogP contribution in [0.25, 0.3) is 0 Å². The Bertz CT molecular complexity index is 554. The maximum Gasteiger partial charge on any atom is 0.301 e. The van der Waals surface area contributed by atoms with Crippen LogP contribution in [0, 0.1) is 15.5 Å². The van der Waals surface area contributed by atoms with E-state index in [1.807, 2.05) is 0 Å². The topological polar surface area (TPSA) is 133 Å². The minimum absolute atomic E-state index is 0.142. The summed E-state index contributed by atoms with van der Waals surface area (Å²) in [4.78, 5) is 8.89. The Labute approximate surface area is 96.7 Å². The number of nitro benzene ring substituents is 1. The molecular formula is C8H9N3O5S. The van der Waals surface area contributed by atoms with E-state index in [4.69, 9.17) is 9.96 Å². The van der Waals surface area contributed by atoms with E-state index in [9.17, 15) is 18.5 Å². The van der Waals surface area contributed by atoms with Gasteiger partial charge >= 0.3 is 10.1 Å². The summed E-state index contributed by atoms with van der Waals surface area (Å²) in [7, 11) is -4.66. The van der Waals surface area contributed by atoms with Crippen LogP contribution in [0.5, 0.6) is 0 Å².